The first-order valence-electron chi connectivity index (χ1n) is 8.32. The maximum absolute atomic E-state index is 14.5. The van der Waals surface area contributed by atoms with Crippen molar-refractivity contribution < 1.29 is 9.18 Å². The molecule has 1 amide bonds. The van der Waals surface area contributed by atoms with Gasteiger partial charge in [0.15, 0.2) is 0 Å². The van der Waals surface area contributed by atoms with Crippen LogP contribution in [0.25, 0.3) is 11.1 Å². The van der Waals surface area contributed by atoms with Gasteiger partial charge in [0.05, 0.1) is 18.1 Å². The molecular formula is C21H17FN4O. The molecule has 1 aromatic heterocycles. The zero-order chi connectivity index (χ0) is 19.2. The van der Waals surface area contributed by atoms with Crippen molar-refractivity contribution in [3.63, 3.8) is 0 Å². The predicted octanol–water partition coefficient (Wildman–Crippen LogP) is 3.47. The van der Waals surface area contributed by atoms with Gasteiger partial charge in [0.25, 0.3) is 5.91 Å². The average Bonchev–Trinajstić information content (AvgIpc) is 2.68. The van der Waals surface area contributed by atoms with Crippen LogP contribution in [0, 0.1) is 17.1 Å². The molecule has 134 valence electrons. The molecule has 0 bridgehead atoms. The first kappa shape index (κ1) is 18.1. The zero-order valence-electron chi connectivity index (χ0n) is 14.4. The summed E-state index contributed by atoms with van der Waals surface area (Å²) in [6.07, 6.45) is 1.70. The van der Waals surface area contributed by atoms with E-state index in [1.807, 2.05) is 36.4 Å². The molecule has 0 saturated carbocycles. The first-order valence-corrected chi connectivity index (χ1v) is 8.32. The largest absolute Gasteiger partial charge is 0.383 e. The molecule has 0 aliphatic heterocycles. The van der Waals surface area contributed by atoms with Crippen molar-refractivity contribution in [1.82, 2.24) is 10.3 Å². The number of benzene rings is 2. The minimum absolute atomic E-state index is 0.0469. The third-order valence-corrected chi connectivity index (χ3v) is 4.08. The van der Waals surface area contributed by atoms with Gasteiger partial charge in [0.1, 0.15) is 11.6 Å². The van der Waals surface area contributed by atoms with Gasteiger partial charge in [-0.1, -0.05) is 36.4 Å². The molecule has 3 rings (SSSR count). The van der Waals surface area contributed by atoms with Crippen LogP contribution >= 0.6 is 0 Å². The number of nitrogen functional groups attached to an aromatic ring is 1. The highest BCUT2D eigenvalue weighted by atomic mass is 19.1. The molecule has 3 aromatic rings. The Kier molecular flexibility index (Phi) is 5.43. The third-order valence-electron chi connectivity index (χ3n) is 4.08. The lowest BCUT2D eigenvalue weighted by Gasteiger charge is -2.10. The normalized spacial score (nSPS) is 10.2. The van der Waals surface area contributed by atoms with Gasteiger partial charge in [-0.15, -0.1) is 0 Å². The number of carbonyl (C=O) groups excluding carboxylic acids is 1. The number of pyridine rings is 1. The Balaban J connectivity index is 1.80. The summed E-state index contributed by atoms with van der Waals surface area (Å²) in [5, 5.41) is 11.5. The van der Waals surface area contributed by atoms with Gasteiger partial charge in [-0.2, -0.15) is 5.26 Å². The quantitative estimate of drug-likeness (QED) is 0.729. The standard InChI is InChI=1S/C21H17FN4O/c22-19-11-16(18-10-15(8-9-23)13-25-20(18)24)6-7-17(19)21(27)26-12-14-4-2-1-3-5-14/h1-7,10-11,13H,8,12H2,(H2,24,25)(H,26,27). The molecule has 0 aliphatic rings. The van der Waals surface area contributed by atoms with Crippen LogP contribution in [-0.4, -0.2) is 10.9 Å². The summed E-state index contributed by atoms with van der Waals surface area (Å²) in [5.41, 5.74) is 8.47. The van der Waals surface area contributed by atoms with Crippen LogP contribution in [0.5, 0.6) is 0 Å². The molecule has 5 nitrogen and oxygen atoms in total. The SMILES string of the molecule is N#CCc1cnc(N)c(-c2ccc(C(=O)NCc3ccccc3)c(F)c2)c1. The van der Waals surface area contributed by atoms with Gasteiger partial charge < -0.3 is 11.1 Å². The third kappa shape index (κ3) is 4.28. The summed E-state index contributed by atoms with van der Waals surface area (Å²) in [6, 6.07) is 17.4. The van der Waals surface area contributed by atoms with Crippen LogP contribution in [0.2, 0.25) is 0 Å². The molecule has 0 radical (unpaired) electrons. The summed E-state index contributed by atoms with van der Waals surface area (Å²) in [4.78, 5) is 16.3. The fraction of sp³-hybridized carbons (Fsp3) is 0.0952. The van der Waals surface area contributed by atoms with Crippen molar-refractivity contribution in [3.05, 3.63) is 83.3 Å². The molecule has 0 unspecified atom stereocenters. The van der Waals surface area contributed by atoms with Crippen LogP contribution in [0.15, 0.2) is 60.8 Å². The lowest BCUT2D eigenvalue weighted by molar-refractivity contribution is 0.0947. The van der Waals surface area contributed by atoms with Gasteiger partial charge in [-0.05, 0) is 34.9 Å². The molecule has 0 aliphatic carbocycles. The van der Waals surface area contributed by atoms with Crippen LogP contribution in [0.1, 0.15) is 21.5 Å². The molecule has 3 N–H and O–H groups in total. The van der Waals surface area contributed by atoms with Crippen molar-refractivity contribution in [3.8, 4) is 17.2 Å². The van der Waals surface area contributed by atoms with Crippen molar-refractivity contribution in [2.45, 2.75) is 13.0 Å². The van der Waals surface area contributed by atoms with E-state index in [9.17, 15) is 9.18 Å². The smallest absolute Gasteiger partial charge is 0.254 e. The second kappa shape index (κ2) is 8.11. The minimum atomic E-state index is -0.650. The fourth-order valence-corrected chi connectivity index (χ4v) is 2.68. The molecule has 0 atom stereocenters. The number of nitrogens with zero attached hydrogens (tertiary/aromatic N) is 2. The Hall–Kier alpha value is -3.72. The van der Waals surface area contributed by atoms with E-state index in [0.29, 0.717) is 23.2 Å². The number of nitriles is 1. The highest BCUT2D eigenvalue weighted by molar-refractivity contribution is 5.95. The topological polar surface area (TPSA) is 91.8 Å². The Labute approximate surface area is 156 Å². The zero-order valence-corrected chi connectivity index (χ0v) is 14.4. The maximum Gasteiger partial charge on any atom is 0.254 e. The molecule has 2 aromatic carbocycles. The van der Waals surface area contributed by atoms with E-state index in [2.05, 4.69) is 10.3 Å². The van der Waals surface area contributed by atoms with Gasteiger partial charge in [-0.25, -0.2) is 9.37 Å². The number of anilines is 1. The van der Waals surface area contributed by atoms with Crippen LogP contribution < -0.4 is 11.1 Å². The fourth-order valence-electron chi connectivity index (χ4n) is 2.68. The van der Waals surface area contributed by atoms with E-state index >= 15 is 0 Å². The molecule has 0 fully saturated rings. The van der Waals surface area contributed by atoms with Crippen molar-refractivity contribution in [2.24, 2.45) is 0 Å². The van der Waals surface area contributed by atoms with Crippen LogP contribution in [0.4, 0.5) is 10.2 Å². The number of hydrogen-bond acceptors (Lipinski definition) is 4. The number of rotatable bonds is 5. The second-order valence-electron chi connectivity index (χ2n) is 5.97. The molecule has 27 heavy (non-hydrogen) atoms. The highest BCUT2D eigenvalue weighted by Crippen LogP contribution is 2.27. The van der Waals surface area contributed by atoms with Gasteiger partial charge in [0, 0.05) is 18.3 Å². The predicted molar refractivity (Wildman–Crippen MR) is 101 cm³/mol. The van der Waals surface area contributed by atoms with E-state index in [1.165, 1.54) is 18.3 Å². The van der Waals surface area contributed by atoms with Crippen LogP contribution in [-0.2, 0) is 13.0 Å². The molecule has 0 saturated heterocycles. The number of halogens is 1. The first-order chi connectivity index (χ1) is 13.1. The lowest BCUT2D eigenvalue weighted by atomic mass is 10.0. The summed E-state index contributed by atoms with van der Waals surface area (Å²) in [5.74, 6) is -0.909. The molecule has 0 spiro atoms. The summed E-state index contributed by atoms with van der Waals surface area (Å²) < 4.78 is 14.5. The summed E-state index contributed by atoms with van der Waals surface area (Å²) in [6.45, 7) is 0.313. The summed E-state index contributed by atoms with van der Waals surface area (Å²) >= 11 is 0. The van der Waals surface area contributed by atoms with Gasteiger partial charge >= 0.3 is 0 Å². The molecule has 6 heteroatoms. The Morgan fingerprint density at radius 3 is 2.63 bits per heavy atom. The van der Waals surface area contributed by atoms with Crippen molar-refractivity contribution in [2.75, 3.05) is 5.73 Å². The molecular weight excluding hydrogens is 343 g/mol. The Morgan fingerprint density at radius 1 is 1.15 bits per heavy atom. The van der Waals surface area contributed by atoms with E-state index in [0.717, 1.165) is 5.56 Å². The Bertz CT molecular complexity index is 1010. The van der Waals surface area contributed by atoms with E-state index in [4.69, 9.17) is 11.0 Å². The van der Waals surface area contributed by atoms with Crippen molar-refractivity contribution in [1.29, 1.82) is 5.26 Å². The number of aromatic nitrogens is 1. The van der Waals surface area contributed by atoms with Gasteiger partial charge in [0.2, 0.25) is 0 Å². The number of nitrogens with two attached hydrogens (primary N) is 1. The van der Waals surface area contributed by atoms with E-state index in [1.54, 1.807) is 12.1 Å². The van der Waals surface area contributed by atoms with E-state index in [-0.39, 0.29) is 17.8 Å². The number of carbonyl (C=O) groups is 1. The van der Waals surface area contributed by atoms with Crippen LogP contribution in [0.3, 0.4) is 0 Å². The number of nitrogens with one attached hydrogen (secondary N) is 1. The van der Waals surface area contributed by atoms with Gasteiger partial charge in [-0.3, -0.25) is 4.79 Å². The second-order valence-corrected chi connectivity index (χ2v) is 5.97. The number of hydrogen-bond donors (Lipinski definition) is 2. The summed E-state index contributed by atoms with van der Waals surface area (Å²) in [7, 11) is 0. The minimum Gasteiger partial charge on any atom is -0.383 e. The number of amides is 1. The maximum atomic E-state index is 14.5. The Morgan fingerprint density at radius 2 is 1.93 bits per heavy atom. The molecule has 1 heterocycles. The highest BCUT2D eigenvalue weighted by Gasteiger charge is 2.14. The van der Waals surface area contributed by atoms with Crippen molar-refractivity contribution >= 4 is 11.7 Å². The average molecular weight is 360 g/mol. The lowest BCUT2D eigenvalue weighted by Crippen LogP contribution is -2.23. The monoisotopic (exact) mass is 360 g/mol. The van der Waals surface area contributed by atoms with E-state index < -0.39 is 11.7 Å².